The van der Waals surface area contributed by atoms with Crippen LogP contribution in [0.25, 0.3) is 0 Å². The maximum atomic E-state index is 6.03. The molecule has 1 atom stereocenters. The number of ether oxygens (including phenoxy) is 1. The van der Waals surface area contributed by atoms with Crippen molar-refractivity contribution in [3.8, 4) is 5.75 Å². The van der Waals surface area contributed by atoms with Gasteiger partial charge >= 0.3 is 0 Å². The third-order valence-corrected chi connectivity index (χ3v) is 3.90. The summed E-state index contributed by atoms with van der Waals surface area (Å²) in [6.45, 7) is 2.11. The largest absolute Gasteiger partial charge is 0.489 e. The van der Waals surface area contributed by atoms with Crippen molar-refractivity contribution in [2.24, 2.45) is 5.73 Å². The van der Waals surface area contributed by atoms with Crippen LogP contribution < -0.4 is 10.5 Å². The van der Waals surface area contributed by atoms with Gasteiger partial charge in [-0.25, -0.2) is 0 Å². The molecule has 1 aromatic heterocycles. The molecule has 19 heavy (non-hydrogen) atoms. The highest BCUT2D eigenvalue weighted by molar-refractivity contribution is 5.20. The van der Waals surface area contributed by atoms with Crippen LogP contribution in [0, 0.1) is 0 Å². The molecule has 1 heterocycles. The first-order valence-corrected chi connectivity index (χ1v) is 7.65. The van der Waals surface area contributed by atoms with Gasteiger partial charge in [-0.3, -0.25) is 4.98 Å². The third-order valence-electron chi connectivity index (χ3n) is 3.90. The zero-order chi connectivity index (χ0) is 13.5. The molecule has 1 aliphatic carbocycles. The summed E-state index contributed by atoms with van der Waals surface area (Å²) in [5.74, 6) is 0.903. The van der Waals surface area contributed by atoms with Crippen LogP contribution in [0.15, 0.2) is 18.3 Å². The molecule has 1 unspecified atom stereocenters. The normalized spacial score (nSPS) is 18.8. The van der Waals surface area contributed by atoms with E-state index in [0.717, 1.165) is 24.3 Å². The van der Waals surface area contributed by atoms with E-state index in [0.29, 0.717) is 6.10 Å². The standard InChI is InChI=1S/C16H26N2O/c1-2-13(17)11-14-9-10-16(12-18-14)19-15-7-5-3-4-6-8-15/h9-10,12-13,15H,2-8,11,17H2,1H3. The Hall–Kier alpha value is -1.09. The zero-order valence-electron chi connectivity index (χ0n) is 12.0. The van der Waals surface area contributed by atoms with Crippen molar-refractivity contribution < 1.29 is 4.74 Å². The van der Waals surface area contributed by atoms with Crippen molar-refractivity contribution in [3.05, 3.63) is 24.0 Å². The van der Waals surface area contributed by atoms with E-state index in [1.165, 1.54) is 38.5 Å². The molecular formula is C16H26N2O. The van der Waals surface area contributed by atoms with Gasteiger partial charge in [0, 0.05) is 18.2 Å². The molecule has 1 saturated carbocycles. The summed E-state index contributed by atoms with van der Waals surface area (Å²) >= 11 is 0. The Labute approximate surface area is 116 Å². The highest BCUT2D eigenvalue weighted by atomic mass is 16.5. The predicted molar refractivity (Wildman–Crippen MR) is 78.3 cm³/mol. The van der Waals surface area contributed by atoms with E-state index in [-0.39, 0.29) is 6.04 Å². The minimum absolute atomic E-state index is 0.209. The highest BCUT2D eigenvalue weighted by Gasteiger charge is 2.13. The van der Waals surface area contributed by atoms with E-state index in [1.807, 2.05) is 18.3 Å². The van der Waals surface area contributed by atoms with Gasteiger partial charge in [-0.15, -0.1) is 0 Å². The fourth-order valence-electron chi connectivity index (χ4n) is 2.57. The molecule has 0 spiro atoms. The first-order valence-electron chi connectivity index (χ1n) is 7.65. The Morgan fingerprint density at radius 2 is 2.00 bits per heavy atom. The highest BCUT2D eigenvalue weighted by Crippen LogP contribution is 2.22. The molecule has 3 nitrogen and oxygen atoms in total. The van der Waals surface area contributed by atoms with Gasteiger partial charge < -0.3 is 10.5 Å². The second-order valence-corrected chi connectivity index (χ2v) is 5.59. The van der Waals surface area contributed by atoms with Gasteiger partial charge in [-0.05, 0) is 44.2 Å². The summed E-state index contributed by atoms with van der Waals surface area (Å²) in [6, 6.07) is 4.29. The molecule has 0 saturated heterocycles. The summed E-state index contributed by atoms with van der Waals surface area (Å²) < 4.78 is 6.03. The molecule has 0 amide bonds. The van der Waals surface area contributed by atoms with Crippen LogP contribution in [0.5, 0.6) is 5.75 Å². The lowest BCUT2D eigenvalue weighted by Crippen LogP contribution is -2.22. The van der Waals surface area contributed by atoms with Gasteiger partial charge in [-0.2, -0.15) is 0 Å². The topological polar surface area (TPSA) is 48.1 Å². The first-order chi connectivity index (χ1) is 9.28. The van der Waals surface area contributed by atoms with Crippen molar-refractivity contribution in [2.45, 2.75) is 70.4 Å². The molecular weight excluding hydrogens is 236 g/mol. The van der Waals surface area contributed by atoms with Gasteiger partial charge in [0.15, 0.2) is 0 Å². The lowest BCUT2D eigenvalue weighted by Gasteiger charge is -2.17. The molecule has 0 aliphatic heterocycles. The maximum absolute atomic E-state index is 6.03. The van der Waals surface area contributed by atoms with Crippen molar-refractivity contribution in [3.63, 3.8) is 0 Å². The smallest absolute Gasteiger partial charge is 0.138 e. The van der Waals surface area contributed by atoms with Crippen LogP contribution in [-0.2, 0) is 6.42 Å². The maximum Gasteiger partial charge on any atom is 0.138 e. The van der Waals surface area contributed by atoms with E-state index in [2.05, 4.69) is 11.9 Å². The Balaban J connectivity index is 1.87. The number of nitrogens with two attached hydrogens (primary N) is 1. The Bertz CT molecular complexity index is 356. The van der Waals surface area contributed by atoms with Crippen LogP contribution >= 0.6 is 0 Å². The Morgan fingerprint density at radius 3 is 2.58 bits per heavy atom. The van der Waals surface area contributed by atoms with Crippen LogP contribution in [0.4, 0.5) is 0 Å². The van der Waals surface area contributed by atoms with Crippen molar-refractivity contribution >= 4 is 0 Å². The van der Waals surface area contributed by atoms with Crippen LogP contribution in [-0.4, -0.2) is 17.1 Å². The van der Waals surface area contributed by atoms with E-state index in [9.17, 15) is 0 Å². The molecule has 0 radical (unpaired) electrons. The number of rotatable bonds is 5. The fourth-order valence-corrected chi connectivity index (χ4v) is 2.57. The third kappa shape index (κ3) is 4.83. The Morgan fingerprint density at radius 1 is 1.26 bits per heavy atom. The van der Waals surface area contributed by atoms with Gasteiger partial charge in [0.1, 0.15) is 5.75 Å². The average Bonchev–Trinajstić information content (AvgIpc) is 2.69. The average molecular weight is 262 g/mol. The van der Waals surface area contributed by atoms with Crippen LogP contribution in [0.2, 0.25) is 0 Å². The number of aromatic nitrogens is 1. The SMILES string of the molecule is CCC(N)Cc1ccc(OC2CCCCCC2)cn1. The monoisotopic (exact) mass is 262 g/mol. The number of hydrogen-bond acceptors (Lipinski definition) is 3. The van der Waals surface area contributed by atoms with Gasteiger partial charge in [0.2, 0.25) is 0 Å². The molecule has 1 fully saturated rings. The summed E-state index contributed by atoms with van der Waals surface area (Å²) in [4.78, 5) is 4.45. The molecule has 2 N–H and O–H groups in total. The summed E-state index contributed by atoms with van der Waals surface area (Å²) in [7, 11) is 0. The molecule has 1 aromatic rings. The van der Waals surface area contributed by atoms with E-state index in [4.69, 9.17) is 10.5 Å². The van der Waals surface area contributed by atoms with E-state index < -0.39 is 0 Å². The van der Waals surface area contributed by atoms with Gasteiger partial charge in [0.05, 0.1) is 12.3 Å². The molecule has 106 valence electrons. The van der Waals surface area contributed by atoms with Crippen molar-refractivity contribution in [1.82, 2.24) is 4.98 Å². The van der Waals surface area contributed by atoms with Crippen LogP contribution in [0.1, 0.15) is 57.6 Å². The summed E-state index contributed by atoms with van der Waals surface area (Å²) in [5.41, 5.74) is 7.00. The van der Waals surface area contributed by atoms with Crippen molar-refractivity contribution in [2.75, 3.05) is 0 Å². The Kier molecular flexibility index (Phi) is 5.64. The summed E-state index contributed by atoms with van der Waals surface area (Å²) in [6.07, 6.45) is 11.7. The fraction of sp³-hybridized carbons (Fsp3) is 0.688. The molecule has 3 heteroatoms. The molecule has 0 bridgehead atoms. The molecule has 0 aromatic carbocycles. The van der Waals surface area contributed by atoms with E-state index in [1.54, 1.807) is 0 Å². The molecule has 1 aliphatic rings. The first kappa shape index (κ1) is 14.3. The quantitative estimate of drug-likeness (QED) is 0.827. The number of nitrogens with zero attached hydrogens (tertiary/aromatic N) is 1. The van der Waals surface area contributed by atoms with Gasteiger partial charge in [0.25, 0.3) is 0 Å². The second kappa shape index (κ2) is 7.49. The lowest BCUT2D eigenvalue weighted by atomic mass is 10.1. The molecule has 2 rings (SSSR count). The van der Waals surface area contributed by atoms with Crippen LogP contribution in [0.3, 0.4) is 0 Å². The van der Waals surface area contributed by atoms with E-state index >= 15 is 0 Å². The number of pyridine rings is 1. The minimum atomic E-state index is 0.209. The van der Waals surface area contributed by atoms with Gasteiger partial charge in [-0.1, -0.05) is 19.8 Å². The lowest BCUT2D eigenvalue weighted by molar-refractivity contribution is 0.183. The minimum Gasteiger partial charge on any atom is -0.489 e. The zero-order valence-corrected chi connectivity index (χ0v) is 12.0. The van der Waals surface area contributed by atoms with Crippen molar-refractivity contribution in [1.29, 1.82) is 0 Å². The number of hydrogen-bond donors (Lipinski definition) is 1. The predicted octanol–water partition coefficient (Wildman–Crippen LogP) is 3.46. The summed E-state index contributed by atoms with van der Waals surface area (Å²) in [5, 5.41) is 0. The second-order valence-electron chi connectivity index (χ2n) is 5.59.